The summed E-state index contributed by atoms with van der Waals surface area (Å²) in [5.41, 5.74) is 5.79. The predicted octanol–water partition coefficient (Wildman–Crippen LogP) is 1.55. The Morgan fingerprint density at radius 2 is 2.00 bits per heavy atom. The summed E-state index contributed by atoms with van der Waals surface area (Å²) in [6, 6.07) is 6.27. The number of nitrogens with one attached hydrogen (secondary N) is 1. The molecule has 0 saturated carbocycles. The van der Waals surface area contributed by atoms with Gasteiger partial charge in [-0.2, -0.15) is 0 Å². The normalized spacial score (nSPS) is 16.1. The maximum absolute atomic E-state index is 11.0. The van der Waals surface area contributed by atoms with E-state index >= 15 is 0 Å². The Labute approximate surface area is 110 Å². The van der Waals surface area contributed by atoms with Gasteiger partial charge >= 0.3 is 6.03 Å². The van der Waals surface area contributed by atoms with E-state index in [1.54, 1.807) is 23.1 Å². The lowest BCUT2D eigenvalue weighted by Gasteiger charge is -2.31. The van der Waals surface area contributed by atoms with Crippen LogP contribution in [0.1, 0.15) is 12.8 Å². The number of nitrogens with two attached hydrogens (primary N) is 1. The van der Waals surface area contributed by atoms with Gasteiger partial charge in [-0.15, -0.1) is 0 Å². The molecule has 0 unspecified atom stereocenters. The van der Waals surface area contributed by atoms with Crippen LogP contribution in [-0.4, -0.2) is 35.0 Å². The highest BCUT2D eigenvalue weighted by molar-refractivity contribution is 5.72. The molecule has 0 aromatic heterocycles. The van der Waals surface area contributed by atoms with Crippen molar-refractivity contribution in [2.45, 2.75) is 18.9 Å². The number of nitro groups is 1. The third-order valence-corrected chi connectivity index (χ3v) is 3.27. The van der Waals surface area contributed by atoms with E-state index in [0.717, 1.165) is 12.8 Å². The van der Waals surface area contributed by atoms with E-state index in [-0.39, 0.29) is 11.7 Å². The van der Waals surface area contributed by atoms with Crippen molar-refractivity contribution in [3.05, 3.63) is 34.4 Å². The molecule has 0 atom stereocenters. The largest absolute Gasteiger partial charge is 0.377 e. The Balaban J connectivity index is 2.00. The van der Waals surface area contributed by atoms with Crippen LogP contribution in [-0.2, 0) is 0 Å². The fourth-order valence-electron chi connectivity index (χ4n) is 2.22. The van der Waals surface area contributed by atoms with E-state index in [2.05, 4.69) is 5.32 Å². The molecule has 3 N–H and O–H groups in total. The van der Waals surface area contributed by atoms with Crippen molar-refractivity contribution < 1.29 is 9.72 Å². The summed E-state index contributed by atoms with van der Waals surface area (Å²) < 4.78 is 0. The molecule has 1 aliphatic heterocycles. The second-order valence-corrected chi connectivity index (χ2v) is 4.52. The van der Waals surface area contributed by atoms with Crippen LogP contribution in [0.4, 0.5) is 16.2 Å². The van der Waals surface area contributed by atoms with Gasteiger partial charge in [-0.05, 0) is 18.9 Å². The van der Waals surface area contributed by atoms with E-state index in [9.17, 15) is 14.9 Å². The summed E-state index contributed by atoms with van der Waals surface area (Å²) >= 11 is 0. The number of nitro benzene ring substituents is 1. The summed E-state index contributed by atoms with van der Waals surface area (Å²) in [7, 11) is 0. The molecule has 0 bridgehead atoms. The summed E-state index contributed by atoms with van der Waals surface area (Å²) in [6.45, 7) is 1.15. The number of rotatable bonds is 3. The Kier molecular flexibility index (Phi) is 3.84. The third-order valence-electron chi connectivity index (χ3n) is 3.27. The summed E-state index contributed by atoms with van der Waals surface area (Å²) in [5.74, 6) is 0. The Morgan fingerprint density at radius 3 is 2.58 bits per heavy atom. The van der Waals surface area contributed by atoms with Crippen LogP contribution in [0.5, 0.6) is 0 Å². The molecule has 2 rings (SSSR count). The molecule has 7 heteroatoms. The van der Waals surface area contributed by atoms with Crippen molar-refractivity contribution in [2.75, 3.05) is 18.4 Å². The molecule has 1 saturated heterocycles. The maximum atomic E-state index is 11.0. The van der Waals surface area contributed by atoms with Crippen molar-refractivity contribution in [1.82, 2.24) is 4.90 Å². The molecule has 1 heterocycles. The molecule has 0 aliphatic carbocycles. The van der Waals surface area contributed by atoms with Crippen LogP contribution in [0.3, 0.4) is 0 Å². The molecule has 1 fully saturated rings. The summed E-state index contributed by atoms with van der Waals surface area (Å²) in [6.07, 6.45) is 1.46. The average Bonchev–Trinajstić information content (AvgIpc) is 2.39. The molecular formula is C12H16N4O3. The van der Waals surface area contributed by atoms with Crippen molar-refractivity contribution >= 4 is 17.4 Å². The van der Waals surface area contributed by atoms with Gasteiger partial charge in [0, 0.05) is 25.2 Å². The molecule has 2 amide bonds. The minimum atomic E-state index is -0.413. The van der Waals surface area contributed by atoms with Gasteiger partial charge < -0.3 is 16.0 Å². The first-order chi connectivity index (χ1) is 9.08. The third kappa shape index (κ3) is 3.12. The van der Waals surface area contributed by atoms with Crippen LogP contribution >= 0.6 is 0 Å². The van der Waals surface area contributed by atoms with Crippen molar-refractivity contribution in [3.8, 4) is 0 Å². The molecule has 1 aromatic carbocycles. The van der Waals surface area contributed by atoms with Crippen LogP contribution in [0.2, 0.25) is 0 Å². The smallest absolute Gasteiger partial charge is 0.314 e. The van der Waals surface area contributed by atoms with Crippen LogP contribution in [0.25, 0.3) is 0 Å². The number of anilines is 1. The highest BCUT2D eigenvalue weighted by Crippen LogP contribution is 2.25. The first-order valence-corrected chi connectivity index (χ1v) is 6.12. The zero-order valence-corrected chi connectivity index (χ0v) is 10.4. The number of amides is 2. The number of nitrogens with zero attached hydrogens (tertiary/aromatic N) is 2. The van der Waals surface area contributed by atoms with Crippen LogP contribution in [0, 0.1) is 10.1 Å². The van der Waals surface area contributed by atoms with Crippen LogP contribution < -0.4 is 11.1 Å². The van der Waals surface area contributed by atoms with Gasteiger partial charge in [0.25, 0.3) is 5.69 Å². The summed E-state index contributed by atoms with van der Waals surface area (Å²) in [5, 5.41) is 14.1. The van der Waals surface area contributed by atoms with Gasteiger partial charge in [0.05, 0.1) is 4.92 Å². The number of hydrogen-bond acceptors (Lipinski definition) is 4. The number of para-hydroxylation sites is 2. The molecule has 1 aromatic rings. The van der Waals surface area contributed by atoms with Crippen LogP contribution in [0.15, 0.2) is 24.3 Å². The van der Waals surface area contributed by atoms with E-state index in [1.165, 1.54) is 6.07 Å². The molecule has 1 aliphatic rings. The number of benzene rings is 1. The zero-order valence-electron chi connectivity index (χ0n) is 10.4. The monoisotopic (exact) mass is 264 g/mol. The molecule has 7 nitrogen and oxygen atoms in total. The molecule has 102 valence electrons. The molecular weight excluding hydrogens is 248 g/mol. The Bertz CT molecular complexity index is 484. The van der Waals surface area contributed by atoms with Gasteiger partial charge in [-0.3, -0.25) is 10.1 Å². The summed E-state index contributed by atoms with van der Waals surface area (Å²) in [4.78, 5) is 23.1. The van der Waals surface area contributed by atoms with Gasteiger partial charge in [-0.25, -0.2) is 4.79 Å². The van der Waals surface area contributed by atoms with Crippen molar-refractivity contribution in [3.63, 3.8) is 0 Å². The number of primary amides is 1. The Morgan fingerprint density at radius 1 is 1.37 bits per heavy atom. The number of piperidine rings is 1. The fraction of sp³-hybridized carbons (Fsp3) is 0.417. The van der Waals surface area contributed by atoms with E-state index in [1.807, 2.05) is 0 Å². The molecule has 0 radical (unpaired) electrons. The number of urea groups is 1. The molecule has 0 spiro atoms. The lowest BCUT2D eigenvalue weighted by Crippen LogP contribution is -2.44. The topological polar surface area (TPSA) is 102 Å². The average molecular weight is 264 g/mol. The van der Waals surface area contributed by atoms with Crippen molar-refractivity contribution in [2.24, 2.45) is 5.73 Å². The minimum absolute atomic E-state index is 0.0693. The zero-order chi connectivity index (χ0) is 13.8. The predicted molar refractivity (Wildman–Crippen MR) is 70.9 cm³/mol. The van der Waals surface area contributed by atoms with Crippen molar-refractivity contribution in [1.29, 1.82) is 0 Å². The number of hydrogen-bond donors (Lipinski definition) is 2. The van der Waals surface area contributed by atoms with Gasteiger partial charge in [0.1, 0.15) is 5.69 Å². The number of carbonyl (C=O) groups is 1. The SMILES string of the molecule is NC(=O)N1CCC(Nc2ccccc2[N+](=O)[O-])CC1. The highest BCUT2D eigenvalue weighted by Gasteiger charge is 2.23. The van der Waals surface area contributed by atoms with Gasteiger partial charge in [0.15, 0.2) is 0 Å². The highest BCUT2D eigenvalue weighted by atomic mass is 16.6. The minimum Gasteiger partial charge on any atom is -0.377 e. The van der Waals surface area contributed by atoms with E-state index < -0.39 is 11.0 Å². The quantitative estimate of drug-likeness (QED) is 0.638. The second kappa shape index (κ2) is 5.55. The van der Waals surface area contributed by atoms with E-state index in [0.29, 0.717) is 18.8 Å². The fourth-order valence-corrected chi connectivity index (χ4v) is 2.22. The first kappa shape index (κ1) is 13.1. The standard InChI is InChI=1S/C12H16N4O3/c13-12(17)15-7-5-9(6-8-15)14-10-3-1-2-4-11(10)16(18)19/h1-4,9,14H,5-8H2,(H2,13,17). The van der Waals surface area contributed by atoms with E-state index in [4.69, 9.17) is 5.73 Å². The number of likely N-dealkylation sites (tertiary alicyclic amines) is 1. The molecule has 19 heavy (non-hydrogen) atoms. The maximum Gasteiger partial charge on any atom is 0.314 e. The lowest BCUT2D eigenvalue weighted by molar-refractivity contribution is -0.384. The first-order valence-electron chi connectivity index (χ1n) is 6.12. The number of carbonyl (C=O) groups excluding carboxylic acids is 1. The Hall–Kier alpha value is -2.31. The lowest BCUT2D eigenvalue weighted by atomic mass is 10.0. The van der Waals surface area contributed by atoms with Gasteiger partial charge in [-0.1, -0.05) is 12.1 Å². The van der Waals surface area contributed by atoms with Gasteiger partial charge in [0.2, 0.25) is 0 Å². The second-order valence-electron chi connectivity index (χ2n) is 4.52.